The highest BCUT2D eigenvalue weighted by Crippen LogP contribution is 2.52. The molecule has 104 valence electrons. The fourth-order valence-corrected chi connectivity index (χ4v) is 3.32. The van der Waals surface area contributed by atoms with Gasteiger partial charge in [0.1, 0.15) is 0 Å². The van der Waals surface area contributed by atoms with Gasteiger partial charge >= 0.3 is 0 Å². The third-order valence-corrected chi connectivity index (χ3v) is 4.41. The van der Waals surface area contributed by atoms with Crippen molar-refractivity contribution in [3.63, 3.8) is 0 Å². The van der Waals surface area contributed by atoms with E-state index in [0.29, 0.717) is 5.56 Å². The van der Waals surface area contributed by atoms with E-state index in [2.05, 4.69) is 38.0 Å². The summed E-state index contributed by atoms with van der Waals surface area (Å²) in [5.41, 5.74) is 6.12. The number of hydrogen-bond acceptors (Lipinski definition) is 3. The van der Waals surface area contributed by atoms with E-state index in [4.69, 9.17) is 5.73 Å². The van der Waals surface area contributed by atoms with Crippen molar-refractivity contribution in [1.82, 2.24) is 10.3 Å². The molecule has 1 aliphatic carbocycles. The van der Waals surface area contributed by atoms with Gasteiger partial charge in [-0.2, -0.15) is 0 Å². The highest BCUT2D eigenvalue weighted by atomic mass is 16.2. The minimum atomic E-state index is -0.220. The van der Waals surface area contributed by atoms with Crippen molar-refractivity contribution < 1.29 is 4.79 Å². The lowest BCUT2D eigenvalue weighted by Crippen LogP contribution is -2.76. The SMILES string of the molecule is CC1(C)C(N)C(C)(C)C1NC(=O)c1ccc(=O)[nH]c1. The fraction of sp³-hybridized carbons (Fsp3) is 0.571. The van der Waals surface area contributed by atoms with E-state index < -0.39 is 0 Å². The van der Waals surface area contributed by atoms with Crippen LogP contribution in [0.15, 0.2) is 23.1 Å². The number of aromatic amines is 1. The molecule has 1 aromatic heterocycles. The normalized spacial score (nSPS) is 27.4. The standard InChI is InChI=1S/C14H21N3O2/c1-13(2)11(15)14(3,4)12(13)17-10(19)8-5-6-9(18)16-7-8/h5-7,11-12H,15H2,1-4H3,(H,16,18)(H,17,19). The number of aromatic nitrogens is 1. The summed E-state index contributed by atoms with van der Waals surface area (Å²) in [6.07, 6.45) is 1.43. The Hall–Kier alpha value is -1.62. The maximum Gasteiger partial charge on any atom is 0.253 e. The third-order valence-electron chi connectivity index (χ3n) is 4.41. The van der Waals surface area contributed by atoms with Gasteiger partial charge in [-0.1, -0.05) is 27.7 Å². The van der Waals surface area contributed by atoms with Crippen molar-refractivity contribution in [3.05, 3.63) is 34.2 Å². The molecule has 1 saturated carbocycles. The minimum Gasteiger partial charge on any atom is -0.348 e. The summed E-state index contributed by atoms with van der Waals surface area (Å²) in [6, 6.07) is 2.92. The number of pyridine rings is 1. The lowest BCUT2D eigenvalue weighted by molar-refractivity contribution is -0.0663. The van der Waals surface area contributed by atoms with Gasteiger partial charge in [0.25, 0.3) is 5.91 Å². The lowest BCUT2D eigenvalue weighted by Gasteiger charge is -2.62. The highest BCUT2D eigenvalue weighted by Gasteiger charge is 2.60. The van der Waals surface area contributed by atoms with E-state index in [-0.39, 0.29) is 34.4 Å². The molecule has 0 atom stereocenters. The summed E-state index contributed by atoms with van der Waals surface area (Å²) >= 11 is 0. The quantitative estimate of drug-likeness (QED) is 0.739. The van der Waals surface area contributed by atoms with Crippen LogP contribution in [0.4, 0.5) is 0 Å². The fourth-order valence-electron chi connectivity index (χ4n) is 3.32. The predicted octanol–water partition coefficient (Wildman–Crippen LogP) is 0.867. The summed E-state index contributed by atoms with van der Waals surface area (Å²) in [4.78, 5) is 25.6. The van der Waals surface area contributed by atoms with Crippen LogP contribution in [0.1, 0.15) is 38.1 Å². The van der Waals surface area contributed by atoms with Gasteiger partial charge in [0.15, 0.2) is 0 Å². The van der Waals surface area contributed by atoms with Crippen LogP contribution in [0.5, 0.6) is 0 Å². The first-order chi connectivity index (χ1) is 8.67. The Kier molecular flexibility index (Phi) is 3.05. The Balaban J connectivity index is 2.16. The van der Waals surface area contributed by atoms with Gasteiger partial charge in [0.05, 0.1) is 5.56 Å². The second-order valence-electron chi connectivity index (χ2n) is 6.47. The molecule has 0 aliphatic heterocycles. The van der Waals surface area contributed by atoms with Gasteiger partial charge in [0, 0.05) is 35.2 Å². The highest BCUT2D eigenvalue weighted by molar-refractivity contribution is 5.94. The Morgan fingerprint density at radius 3 is 2.32 bits per heavy atom. The molecule has 5 nitrogen and oxygen atoms in total. The van der Waals surface area contributed by atoms with Crippen LogP contribution in [0.25, 0.3) is 0 Å². The molecule has 1 aliphatic rings. The molecule has 0 bridgehead atoms. The maximum absolute atomic E-state index is 12.2. The van der Waals surface area contributed by atoms with Crippen LogP contribution in [0.2, 0.25) is 0 Å². The molecular weight excluding hydrogens is 242 g/mol. The second kappa shape index (κ2) is 4.20. The van der Waals surface area contributed by atoms with Gasteiger partial charge in [0.2, 0.25) is 5.56 Å². The number of nitrogens with two attached hydrogens (primary N) is 1. The van der Waals surface area contributed by atoms with E-state index in [1.807, 2.05) is 0 Å². The maximum atomic E-state index is 12.2. The zero-order chi connectivity index (χ0) is 14.4. The van der Waals surface area contributed by atoms with Crippen molar-refractivity contribution in [3.8, 4) is 0 Å². The Bertz CT molecular complexity index is 524. The summed E-state index contributed by atoms with van der Waals surface area (Å²) in [5, 5.41) is 3.02. The molecule has 4 N–H and O–H groups in total. The smallest absolute Gasteiger partial charge is 0.253 e. The average molecular weight is 263 g/mol. The lowest BCUT2D eigenvalue weighted by atomic mass is 9.48. The van der Waals surface area contributed by atoms with Crippen molar-refractivity contribution >= 4 is 5.91 Å². The van der Waals surface area contributed by atoms with Crippen LogP contribution in [-0.2, 0) is 0 Å². The van der Waals surface area contributed by atoms with Crippen molar-refractivity contribution in [2.75, 3.05) is 0 Å². The van der Waals surface area contributed by atoms with Crippen LogP contribution < -0.4 is 16.6 Å². The van der Waals surface area contributed by atoms with E-state index in [1.165, 1.54) is 18.3 Å². The Labute approximate surface area is 112 Å². The summed E-state index contributed by atoms with van der Waals surface area (Å²) < 4.78 is 0. The van der Waals surface area contributed by atoms with Crippen molar-refractivity contribution in [1.29, 1.82) is 0 Å². The number of nitrogens with one attached hydrogen (secondary N) is 2. The summed E-state index contributed by atoms with van der Waals surface area (Å²) in [6.45, 7) is 8.23. The average Bonchev–Trinajstić information content (AvgIpc) is 2.35. The molecule has 0 spiro atoms. The summed E-state index contributed by atoms with van der Waals surface area (Å²) in [7, 11) is 0. The Morgan fingerprint density at radius 2 is 1.84 bits per heavy atom. The zero-order valence-electron chi connectivity index (χ0n) is 11.8. The van der Waals surface area contributed by atoms with Crippen molar-refractivity contribution in [2.45, 2.75) is 39.8 Å². The zero-order valence-corrected chi connectivity index (χ0v) is 11.8. The second-order valence-corrected chi connectivity index (χ2v) is 6.47. The van der Waals surface area contributed by atoms with Gasteiger partial charge in [-0.25, -0.2) is 0 Å². The molecule has 2 rings (SSSR count). The predicted molar refractivity (Wildman–Crippen MR) is 73.9 cm³/mol. The van der Waals surface area contributed by atoms with Crippen LogP contribution >= 0.6 is 0 Å². The number of hydrogen-bond donors (Lipinski definition) is 3. The van der Waals surface area contributed by atoms with E-state index in [1.54, 1.807) is 0 Å². The molecule has 1 fully saturated rings. The van der Waals surface area contributed by atoms with E-state index in [0.717, 1.165) is 0 Å². The van der Waals surface area contributed by atoms with Gasteiger partial charge in [-0.15, -0.1) is 0 Å². The minimum absolute atomic E-state index is 0.00873. The number of carbonyl (C=O) groups excluding carboxylic acids is 1. The third kappa shape index (κ3) is 2.08. The molecule has 19 heavy (non-hydrogen) atoms. The molecule has 0 saturated heterocycles. The van der Waals surface area contributed by atoms with Crippen LogP contribution in [0, 0.1) is 10.8 Å². The molecule has 0 aromatic carbocycles. The van der Waals surface area contributed by atoms with Gasteiger partial charge in [-0.3, -0.25) is 9.59 Å². The largest absolute Gasteiger partial charge is 0.348 e. The topological polar surface area (TPSA) is 88.0 Å². The first-order valence-corrected chi connectivity index (χ1v) is 6.42. The number of amides is 1. The number of H-pyrrole nitrogens is 1. The van der Waals surface area contributed by atoms with Crippen LogP contribution in [-0.4, -0.2) is 23.0 Å². The molecule has 1 aromatic rings. The van der Waals surface area contributed by atoms with E-state index in [9.17, 15) is 9.59 Å². The molecule has 5 heteroatoms. The number of carbonyl (C=O) groups is 1. The first-order valence-electron chi connectivity index (χ1n) is 6.42. The molecule has 0 unspecified atom stereocenters. The van der Waals surface area contributed by atoms with Crippen molar-refractivity contribution in [2.24, 2.45) is 16.6 Å². The van der Waals surface area contributed by atoms with Gasteiger partial charge in [-0.05, 0) is 6.07 Å². The number of rotatable bonds is 2. The summed E-state index contributed by atoms with van der Waals surface area (Å²) in [5.74, 6) is -0.186. The van der Waals surface area contributed by atoms with Crippen LogP contribution in [0.3, 0.4) is 0 Å². The molecule has 1 heterocycles. The molecule has 1 amide bonds. The monoisotopic (exact) mass is 263 g/mol. The van der Waals surface area contributed by atoms with E-state index >= 15 is 0 Å². The van der Waals surface area contributed by atoms with Gasteiger partial charge < -0.3 is 16.0 Å². The molecule has 0 radical (unpaired) electrons. The first kappa shape index (κ1) is 13.8. The Morgan fingerprint density at radius 1 is 1.26 bits per heavy atom. The molecular formula is C14H21N3O2.